The molecule has 1 N–H and O–H groups in total. The molecule has 108 valence electrons. The Morgan fingerprint density at radius 1 is 1.05 bits per heavy atom. The minimum atomic E-state index is 0.165. The van der Waals surface area contributed by atoms with Gasteiger partial charge < -0.3 is 4.98 Å². The largest absolute Gasteiger partial charge is 0.354 e. The number of hydrogen-bond acceptors (Lipinski definition) is 0. The summed E-state index contributed by atoms with van der Waals surface area (Å²) in [5.41, 5.74) is 5.08. The monoisotopic (exact) mass is 453 g/mol. The fourth-order valence-corrected chi connectivity index (χ4v) is 4.12. The Morgan fingerprint density at radius 3 is 2.52 bits per heavy atom. The molecule has 0 amide bonds. The molecular weight excluding hydrogens is 437 g/mol. The van der Waals surface area contributed by atoms with Crippen LogP contribution in [-0.2, 0) is 5.41 Å². The molecule has 3 aromatic rings. The van der Waals surface area contributed by atoms with Gasteiger partial charge >= 0.3 is 0 Å². The van der Waals surface area contributed by atoms with Crippen molar-refractivity contribution in [2.45, 2.75) is 26.2 Å². The third kappa shape index (κ3) is 3.04. The van der Waals surface area contributed by atoms with Crippen LogP contribution in [0.15, 0.2) is 46.9 Å². The van der Waals surface area contributed by atoms with E-state index in [1.54, 1.807) is 0 Å². The summed E-state index contributed by atoms with van der Waals surface area (Å²) in [6, 6.07) is 15.3. The standard InChI is InChI=1S/C18H17BrIN/c1-18(2,3)13-6-4-5-11(7-13)16-9-12-8-14(20)10-15(19)17(12)21-16/h4-10,21H,1-3H3. The molecule has 0 radical (unpaired) electrons. The van der Waals surface area contributed by atoms with E-state index in [1.165, 1.54) is 25.8 Å². The van der Waals surface area contributed by atoms with Crippen molar-refractivity contribution in [2.75, 3.05) is 0 Å². The molecule has 1 heterocycles. The summed E-state index contributed by atoms with van der Waals surface area (Å²) in [4.78, 5) is 3.54. The van der Waals surface area contributed by atoms with Gasteiger partial charge in [0.2, 0.25) is 0 Å². The zero-order valence-electron chi connectivity index (χ0n) is 12.3. The van der Waals surface area contributed by atoms with Crippen LogP contribution >= 0.6 is 38.5 Å². The van der Waals surface area contributed by atoms with Gasteiger partial charge in [-0.15, -0.1) is 0 Å². The molecule has 0 fully saturated rings. The van der Waals surface area contributed by atoms with Crippen molar-refractivity contribution in [1.82, 2.24) is 4.98 Å². The molecule has 2 aromatic carbocycles. The van der Waals surface area contributed by atoms with Gasteiger partial charge in [0.05, 0.1) is 5.52 Å². The van der Waals surface area contributed by atoms with E-state index < -0.39 is 0 Å². The van der Waals surface area contributed by atoms with E-state index in [0.29, 0.717) is 0 Å². The molecule has 0 saturated heterocycles. The molecule has 0 unspecified atom stereocenters. The third-order valence-electron chi connectivity index (χ3n) is 3.68. The van der Waals surface area contributed by atoms with Crippen molar-refractivity contribution in [3.63, 3.8) is 0 Å². The first kappa shape index (κ1) is 15.1. The molecule has 0 aliphatic heterocycles. The van der Waals surface area contributed by atoms with Gasteiger partial charge in [-0.25, -0.2) is 0 Å². The molecule has 0 aliphatic rings. The van der Waals surface area contributed by atoms with E-state index in [0.717, 1.165) is 9.99 Å². The number of fused-ring (bicyclic) bond motifs is 1. The zero-order chi connectivity index (χ0) is 15.2. The summed E-state index contributed by atoms with van der Waals surface area (Å²) < 4.78 is 2.35. The fraction of sp³-hybridized carbons (Fsp3) is 0.222. The van der Waals surface area contributed by atoms with Crippen LogP contribution in [0.5, 0.6) is 0 Å². The SMILES string of the molecule is CC(C)(C)c1cccc(-c2cc3cc(I)cc(Br)c3[nH]2)c1. The van der Waals surface area contributed by atoms with Crippen LogP contribution in [0, 0.1) is 3.57 Å². The van der Waals surface area contributed by atoms with Gasteiger partial charge in [-0.05, 0) is 79.3 Å². The number of rotatable bonds is 1. The second kappa shape index (κ2) is 5.43. The Morgan fingerprint density at radius 2 is 1.81 bits per heavy atom. The Kier molecular flexibility index (Phi) is 3.91. The number of nitrogens with one attached hydrogen (secondary N) is 1. The molecule has 1 nitrogen and oxygen atoms in total. The summed E-state index contributed by atoms with van der Waals surface area (Å²) in [7, 11) is 0. The van der Waals surface area contributed by atoms with E-state index in [4.69, 9.17) is 0 Å². The number of aromatic amines is 1. The first-order valence-corrected chi connectivity index (χ1v) is 8.80. The van der Waals surface area contributed by atoms with Gasteiger partial charge in [0, 0.05) is 19.1 Å². The quantitative estimate of drug-likeness (QED) is 0.405. The molecule has 0 aliphatic carbocycles. The van der Waals surface area contributed by atoms with Crippen LogP contribution in [-0.4, -0.2) is 4.98 Å². The highest BCUT2D eigenvalue weighted by Gasteiger charge is 2.15. The van der Waals surface area contributed by atoms with Crippen molar-refractivity contribution in [1.29, 1.82) is 0 Å². The Balaban J connectivity index is 2.15. The van der Waals surface area contributed by atoms with Crippen LogP contribution in [0.25, 0.3) is 22.2 Å². The van der Waals surface area contributed by atoms with Crippen LogP contribution in [0.1, 0.15) is 26.3 Å². The average Bonchev–Trinajstić information content (AvgIpc) is 2.82. The lowest BCUT2D eigenvalue weighted by atomic mass is 9.86. The molecule has 1 aromatic heterocycles. The van der Waals surface area contributed by atoms with Crippen LogP contribution < -0.4 is 0 Å². The van der Waals surface area contributed by atoms with Gasteiger partial charge in [-0.3, -0.25) is 0 Å². The summed E-state index contributed by atoms with van der Waals surface area (Å²) in [5, 5.41) is 1.24. The minimum absolute atomic E-state index is 0.165. The van der Waals surface area contributed by atoms with Crippen molar-refractivity contribution in [3.05, 3.63) is 56.1 Å². The lowest BCUT2D eigenvalue weighted by Crippen LogP contribution is -2.10. The molecule has 0 spiro atoms. The maximum Gasteiger partial charge on any atom is 0.0603 e. The maximum atomic E-state index is 3.64. The van der Waals surface area contributed by atoms with Gasteiger partial charge in [0.25, 0.3) is 0 Å². The predicted octanol–water partition coefficient (Wildman–Crippen LogP) is 6.50. The van der Waals surface area contributed by atoms with Gasteiger partial charge in [0.15, 0.2) is 0 Å². The number of H-pyrrole nitrogens is 1. The van der Waals surface area contributed by atoms with Gasteiger partial charge in [-0.1, -0.05) is 39.0 Å². The van der Waals surface area contributed by atoms with E-state index in [2.05, 4.69) is 107 Å². The Bertz CT molecular complexity index is 812. The van der Waals surface area contributed by atoms with Crippen LogP contribution in [0.4, 0.5) is 0 Å². The number of aromatic nitrogens is 1. The van der Waals surface area contributed by atoms with E-state index >= 15 is 0 Å². The summed E-state index contributed by atoms with van der Waals surface area (Å²) >= 11 is 5.99. The van der Waals surface area contributed by atoms with Gasteiger partial charge in [-0.2, -0.15) is 0 Å². The number of benzene rings is 2. The normalized spacial score (nSPS) is 12.0. The van der Waals surface area contributed by atoms with Crippen molar-refractivity contribution in [2.24, 2.45) is 0 Å². The second-order valence-corrected chi connectivity index (χ2v) is 8.47. The summed E-state index contributed by atoms with van der Waals surface area (Å²) in [6.07, 6.45) is 0. The van der Waals surface area contributed by atoms with E-state index in [1.807, 2.05) is 0 Å². The average molecular weight is 454 g/mol. The van der Waals surface area contributed by atoms with Crippen molar-refractivity contribution in [3.8, 4) is 11.3 Å². The Hall–Kier alpha value is -0.810. The van der Waals surface area contributed by atoms with Crippen molar-refractivity contribution >= 4 is 49.4 Å². The van der Waals surface area contributed by atoms with Gasteiger partial charge in [0.1, 0.15) is 0 Å². The molecule has 0 bridgehead atoms. The number of halogens is 2. The molecule has 0 saturated carbocycles. The zero-order valence-corrected chi connectivity index (χ0v) is 16.0. The Labute approximate surface area is 147 Å². The smallest absolute Gasteiger partial charge is 0.0603 e. The minimum Gasteiger partial charge on any atom is -0.354 e. The first-order valence-electron chi connectivity index (χ1n) is 6.93. The highest BCUT2D eigenvalue weighted by molar-refractivity contribution is 14.1. The third-order valence-corrected chi connectivity index (χ3v) is 4.93. The highest BCUT2D eigenvalue weighted by Crippen LogP contribution is 2.32. The van der Waals surface area contributed by atoms with Crippen LogP contribution in [0.2, 0.25) is 0 Å². The number of hydrogen-bond donors (Lipinski definition) is 1. The van der Waals surface area contributed by atoms with Crippen LogP contribution in [0.3, 0.4) is 0 Å². The molecular formula is C18H17BrIN. The lowest BCUT2D eigenvalue weighted by molar-refractivity contribution is 0.590. The molecule has 3 heteroatoms. The van der Waals surface area contributed by atoms with Crippen molar-refractivity contribution < 1.29 is 0 Å². The molecule has 0 atom stereocenters. The lowest BCUT2D eigenvalue weighted by Gasteiger charge is -2.19. The summed E-state index contributed by atoms with van der Waals surface area (Å²) in [5.74, 6) is 0. The molecule has 3 rings (SSSR count). The predicted molar refractivity (Wildman–Crippen MR) is 103 cm³/mol. The maximum absolute atomic E-state index is 3.64. The molecule has 21 heavy (non-hydrogen) atoms. The van der Waals surface area contributed by atoms with E-state index in [9.17, 15) is 0 Å². The topological polar surface area (TPSA) is 15.8 Å². The first-order chi connectivity index (χ1) is 9.84. The second-order valence-electron chi connectivity index (χ2n) is 6.37. The highest BCUT2D eigenvalue weighted by atomic mass is 127. The summed E-state index contributed by atoms with van der Waals surface area (Å²) in [6.45, 7) is 6.74. The van der Waals surface area contributed by atoms with E-state index in [-0.39, 0.29) is 5.41 Å². The fourth-order valence-electron chi connectivity index (χ4n) is 2.47.